The molecule has 0 aliphatic heterocycles. The summed E-state index contributed by atoms with van der Waals surface area (Å²) in [7, 11) is 1.77. The number of fused-ring (bicyclic) bond motifs is 1. The molecule has 0 spiro atoms. The molecule has 8 heteroatoms. The van der Waals surface area contributed by atoms with Crippen LogP contribution in [0.15, 0.2) is 59.7 Å². The summed E-state index contributed by atoms with van der Waals surface area (Å²) in [5.41, 5.74) is 1.62. The van der Waals surface area contributed by atoms with Crippen molar-refractivity contribution in [2.24, 2.45) is 0 Å². The quantitative estimate of drug-likeness (QED) is 0.448. The van der Waals surface area contributed by atoms with E-state index in [1.807, 2.05) is 66.3 Å². The molecule has 1 atom stereocenters. The highest BCUT2D eigenvalue weighted by Crippen LogP contribution is 2.25. The molecule has 4 aromatic rings. The van der Waals surface area contributed by atoms with Gasteiger partial charge < -0.3 is 9.47 Å². The monoisotopic (exact) mass is 432 g/mol. The van der Waals surface area contributed by atoms with E-state index >= 15 is 0 Å². The molecule has 0 aliphatic carbocycles. The Morgan fingerprint density at radius 3 is 2.44 bits per heavy atom. The van der Waals surface area contributed by atoms with Gasteiger partial charge in [0.25, 0.3) is 5.56 Å². The Morgan fingerprint density at radius 2 is 1.78 bits per heavy atom. The lowest BCUT2D eigenvalue weighted by atomic mass is 10.2. The molecule has 0 saturated carbocycles. The molecule has 8 nitrogen and oxygen atoms in total. The number of benzene rings is 1. The van der Waals surface area contributed by atoms with Crippen LogP contribution in [0.1, 0.15) is 38.4 Å². The number of carbonyl (C=O) groups excluding carboxylic acids is 1. The molecule has 0 bridgehead atoms. The number of hydrogen-bond donors (Lipinski definition) is 0. The zero-order valence-corrected chi connectivity index (χ0v) is 18.9. The molecule has 0 aliphatic rings. The van der Waals surface area contributed by atoms with E-state index in [-0.39, 0.29) is 11.5 Å². The largest absolute Gasteiger partial charge is 0.344 e. The average Bonchev–Trinajstić information content (AvgIpc) is 3.47. The van der Waals surface area contributed by atoms with Crippen molar-refractivity contribution in [3.05, 3.63) is 70.9 Å². The van der Waals surface area contributed by atoms with Gasteiger partial charge in [-0.15, -0.1) is 0 Å². The first-order valence-electron chi connectivity index (χ1n) is 10.9. The Morgan fingerprint density at radius 1 is 1.09 bits per heavy atom. The predicted octanol–water partition coefficient (Wildman–Crippen LogP) is 3.50. The molecule has 166 valence electrons. The molecular weight excluding hydrogens is 404 g/mol. The van der Waals surface area contributed by atoms with Gasteiger partial charge in [0, 0.05) is 26.0 Å². The van der Waals surface area contributed by atoms with Crippen molar-refractivity contribution in [3.8, 4) is 11.5 Å². The number of carbonyl (C=O) groups is 1. The third-order valence-electron chi connectivity index (χ3n) is 5.68. The van der Waals surface area contributed by atoms with Gasteiger partial charge in [-0.3, -0.25) is 9.59 Å². The van der Waals surface area contributed by atoms with E-state index < -0.39 is 6.04 Å². The maximum Gasteiger partial charge on any atom is 0.280 e. The standard InChI is InChI=1S/C24H28N6O2/c1-5-6-14-27(4)23(31)18(3)29-24(32)20-21(17(2)25-29)26-30(19-12-8-7-9-13-19)22(20)28-15-10-11-16-28/h7-13,15-16,18H,5-6,14H2,1-4H3/t18-/m0/s1. The van der Waals surface area contributed by atoms with Gasteiger partial charge >= 0.3 is 0 Å². The molecule has 1 amide bonds. The number of rotatable bonds is 7. The van der Waals surface area contributed by atoms with Gasteiger partial charge in [-0.05, 0) is 44.5 Å². The van der Waals surface area contributed by atoms with Crippen molar-refractivity contribution in [2.75, 3.05) is 13.6 Å². The number of hydrogen-bond acceptors (Lipinski definition) is 4. The van der Waals surface area contributed by atoms with Gasteiger partial charge in [-0.2, -0.15) is 10.2 Å². The van der Waals surface area contributed by atoms with Crippen LogP contribution in [0.25, 0.3) is 22.4 Å². The maximum atomic E-state index is 13.7. The minimum Gasteiger partial charge on any atom is -0.344 e. The fraction of sp³-hybridized carbons (Fsp3) is 0.333. The minimum absolute atomic E-state index is 0.134. The molecule has 32 heavy (non-hydrogen) atoms. The summed E-state index contributed by atoms with van der Waals surface area (Å²) in [6, 6.07) is 12.7. The topological polar surface area (TPSA) is 78.0 Å². The van der Waals surface area contributed by atoms with E-state index in [9.17, 15) is 9.59 Å². The van der Waals surface area contributed by atoms with E-state index in [1.54, 1.807) is 23.6 Å². The average molecular weight is 433 g/mol. The molecule has 0 radical (unpaired) electrons. The highest BCUT2D eigenvalue weighted by molar-refractivity contribution is 5.88. The smallest absolute Gasteiger partial charge is 0.280 e. The molecule has 3 heterocycles. The predicted molar refractivity (Wildman–Crippen MR) is 124 cm³/mol. The lowest BCUT2D eigenvalue weighted by Crippen LogP contribution is -2.39. The van der Waals surface area contributed by atoms with Crippen molar-refractivity contribution in [1.29, 1.82) is 0 Å². The SMILES string of the molecule is CCCCN(C)C(=O)[C@H](C)n1nc(C)c2nn(-c3ccccc3)c(-n3cccc3)c2c1=O. The van der Waals surface area contributed by atoms with Crippen LogP contribution >= 0.6 is 0 Å². The Labute approximate surface area is 186 Å². The molecule has 0 saturated heterocycles. The molecule has 3 aromatic heterocycles. The van der Waals surface area contributed by atoms with Gasteiger partial charge in [-0.1, -0.05) is 31.5 Å². The van der Waals surface area contributed by atoms with Gasteiger partial charge in [0.1, 0.15) is 16.9 Å². The molecule has 0 fully saturated rings. The van der Waals surface area contributed by atoms with Gasteiger partial charge in [-0.25, -0.2) is 9.36 Å². The van der Waals surface area contributed by atoms with Crippen LogP contribution in [-0.4, -0.2) is 48.5 Å². The summed E-state index contributed by atoms with van der Waals surface area (Å²) < 4.78 is 4.92. The summed E-state index contributed by atoms with van der Waals surface area (Å²) in [5.74, 6) is 0.490. The number of aryl methyl sites for hydroxylation is 1. The Hall–Kier alpha value is -3.68. The van der Waals surface area contributed by atoms with Crippen LogP contribution in [-0.2, 0) is 4.79 Å². The fourth-order valence-electron chi connectivity index (χ4n) is 3.88. The summed E-state index contributed by atoms with van der Waals surface area (Å²) in [5, 5.41) is 9.67. The minimum atomic E-state index is -0.718. The molecule has 4 rings (SSSR count). The number of likely N-dealkylation sites (N-methyl/N-ethyl adjacent to an activating group) is 1. The van der Waals surface area contributed by atoms with E-state index in [2.05, 4.69) is 12.0 Å². The number of aromatic nitrogens is 5. The van der Waals surface area contributed by atoms with Crippen molar-refractivity contribution < 1.29 is 4.79 Å². The first-order valence-corrected chi connectivity index (χ1v) is 10.9. The van der Waals surface area contributed by atoms with E-state index in [1.165, 1.54) is 4.68 Å². The highest BCUT2D eigenvalue weighted by atomic mass is 16.2. The van der Waals surface area contributed by atoms with Crippen molar-refractivity contribution >= 4 is 16.8 Å². The number of amides is 1. The van der Waals surface area contributed by atoms with Crippen LogP contribution in [0.2, 0.25) is 0 Å². The first-order chi connectivity index (χ1) is 15.4. The third kappa shape index (κ3) is 3.72. The number of para-hydroxylation sites is 1. The summed E-state index contributed by atoms with van der Waals surface area (Å²) in [6.45, 7) is 6.27. The Bertz CT molecular complexity index is 1290. The first kappa shape index (κ1) is 21.5. The van der Waals surface area contributed by atoms with Crippen LogP contribution in [0, 0.1) is 6.92 Å². The summed E-state index contributed by atoms with van der Waals surface area (Å²) in [6.07, 6.45) is 5.66. The Balaban J connectivity index is 1.92. The van der Waals surface area contributed by atoms with Crippen LogP contribution in [0.3, 0.4) is 0 Å². The second-order valence-corrected chi connectivity index (χ2v) is 8.01. The fourth-order valence-corrected chi connectivity index (χ4v) is 3.88. The van der Waals surface area contributed by atoms with Gasteiger partial charge in [0.15, 0.2) is 5.82 Å². The third-order valence-corrected chi connectivity index (χ3v) is 5.68. The zero-order chi connectivity index (χ0) is 22.8. The van der Waals surface area contributed by atoms with E-state index in [0.717, 1.165) is 18.5 Å². The number of nitrogens with zero attached hydrogens (tertiary/aromatic N) is 6. The lowest BCUT2D eigenvalue weighted by molar-refractivity contribution is -0.133. The summed E-state index contributed by atoms with van der Waals surface area (Å²) in [4.78, 5) is 28.3. The van der Waals surface area contributed by atoms with E-state index in [0.29, 0.717) is 29.0 Å². The number of unbranched alkanes of at least 4 members (excludes halogenated alkanes) is 1. The van der Waals surface area contributed by atoms with E-state index in [4.69, 9.17) is 5.10 Å². The maximum absolute atomic E-state index is 13.7. The van der Waals surface area contributed by atoms with Crippen LogP contribution in [0.4, 0.5) is 0 Å². The molecule has 0 N–H and O–H groups in total. The zero-order valence-electron chi connectivity index (χ0n) is 18.9. The highest BCUT2D eigenvalue weighted by Gasteiger charge is 2.26. The normalized spacial score (nSPS) is 12.2. The second kappa shape index (κ2) is 8.82. The molecule has 0 unspecified atom stereocenters. The lowest BCUT2D eigenvalue weighted by Gasteiger charge is -2.22. The van der Waals surface area contributed by atoms with Gasteiger partial charge in [0.2, 0.25) is 5.91 Å². The Kier molecular flexibility index (Phi) is 5.94. The van der Waals surface area contributed by atoms with Crippen LogP contribution < -0.4 is 5.56 Å². The summed E-state index contributed by atoms with van der Waals surface area (Å²) >= 11 is 0. The second-order valence-electron chi connectivity index (χ2n) is 8.01. The van der Waals surface area contributed by atoms with Gasteiger partial charge in [0.05, 0.1) is 11.4 Å². The molecule has 1 aromatic carbocycles. The van der Waals surface area contributed by atoms with Crippen molar-refractivity contribution in [2.45, 2.75) is 39.7 Å². The van der Waals surface area contributed by atoms with Crippen molar-refractivity contribution in [1.82, 2.24) is 29.0 Å². The molecular formula is C24H28N6O2. The van der Waals surface area contributed by atoms with Crippen LogP contribution in [0.5, 0.6) is 0 Å². The van der Waals surface area contributed by atoms with Crippen molar-refractivity contribution in [3.63, 3.8) is 0 Å².